The van der Waals surface area contributed by atoms with Crippen LogP contribution in [0.1, 0.15) is 50.7 Å². The van der Waals surface area contributed by atoms with E-state index in [2.05, 4.69) is 12.2 Å². The minimum absolute atomic E-state index is 0.0278. The van der Waals surface area contributed by atoms with Gasteiger partial charge in [-0.15, -0.1) is 0 Å². The summed E-state index contributed by atoms with van der Waals surface area (Å²) in [5.41, 5.74) is 2.07. The maximum absolute atomic E-state index is 13.0. The summed E-state index contributed by atoms with van der Waals surface area (Å²) in [6, 6.07) is 16.8. The molecule has 156 valence electrons. The van der Waals surface area contributed by atoms with E-state index in [-0.39, 0.29) is 11.8 Å². The Hall–Kier alpha value is -2.33. The molecule has 1 atom stereocenters. The average molecular weight is 415 g/mol. The molecule has 0 aliphatic carbocycles. The Balaban J connectivity index is 2.05. The molecule has 0 saturated carbocycles. The molecule has 0 aliphatic heterocycles. The Morgan fingerprint density at radius 3 is 2.34 bits per heavy atom. The van der Waals surface area contributed by atoms with Crippen molar-refractivity contribution in [3.05, 3.63) is 70.7 Å². The molecule has 4 nitrogen and oxygen atoms in total. The van der Waals surface area contributed by atoms with Gasteiger partial charge in [0.1, 0.15) is 6.04 Å². The first-order valence-electron chi connectivity index (χ1n) is 10.4. The van der Waals surface area contributed by atoms with Gasteiger partial charge in [0, 0.05) is 24.5 Å². The lowest BCUT2D eigenvalue weighted by atomic mass is 10.1. The van der Waals surface area contributed by atoms with Crippen molar-refractivity contribution in [3.8, 4) is 0 Å². The average Bonchev–Trinajstić information content (AvgIpc) is 2.74. The largest absolute Gasteiger partial charge is 0.354 e. The fraction of sp³-hybridized carbons (Fsp3) is 0.417. The predicted octanol–water partition coefficient (Wildman–Crippen LogP) is 5.00. The molecule has 0 fully saturated rings. The summed E-state index contributed by atoms with van der Waals surface area (Å²) in [4.78, 5) is 27.3. The van der Waals surface area contributed by atoms with Crippen LogP contribution in [-0.2, 0) is 22.6 Å². The molecule has 0 aliphatic rings. The molecule has 0 bridgehead atoms. The number of nitrogens with one attached hydrogen (secondary N) is 1. The van der Waals surface area contributed by atoms with Gasteiger partial charge >= 0.3 is 0 Å². The van der Waals surface area contributed by atoms with E-state index in [4.69, 9.17) is 11.6 Å². The van der Waals surface area contributed by atoms with Crippen molar-refractivity contribution in [1.82, 2.24) is 10.2 Å². The fourth-order valence-electron chi connectivity index (χ4n) is 3.14. The summed E-state index contributed by atoms with van der Waals surface area (Å²) in [5.74, 6) is -0.136. The number of carbonyl (C=O) groups is 2. The van der Waals surface area contributed by atoms with Crippen LogP contribution >= 0.6 is 11.6 Å². The molecule has 5 heteroatoms. The summed E-state index contributed by atoms with van der Waals surface area (Å²) >= 11 is 5.98. The Bertz CT molecular complexity index is 762. The first kappa shape index (κ1) is 23.0. The second kappa shape index (κ2) is 12.3. The van der Waals surface area contributed by atoms with E-state index in [0.29, 0.717) is 31.0 Å². The molecule has 0 heterocycles. The lowest BCUT2D eigenvalue weighted by Crippen LogP contribution is -2.47. The molecule has 0 radical (unpaired) electrons. The van der Waals surface area contributed by atoms with Crippen molar-refractivity contribution < 1.29 is 9.59 Å². The van der Waals surface area contributed by atoms with Gasteiger partial charge in [-0.2, -0.15) is 0 Å². The van der Waals surface area contributed by atoms with E-state index < -0.39 is 6.04 Å². The SMILES string of the molecule is CCCCCNC(=O)C(C)N(Cc1ccc(Cl)cc1)C(=O)CCc1ccccc1. The number of carbonyl (C=O) groups excluding carboxylic acids is 2. The molecular formula is C24H31ClN2O2. The van der Waals surface area contributed by atoms with E-state index in [0.717, 1.165) is 30.4 Å². The zero-order valence-corrected chi connectivity index (χ0v) is 18.1. The van der Waals surface area contributed by atoms with Crippen LogP contribution in [0.15, 0.2) is 54.6 Å². The summed E-state index contributed by atoms with van der Waals surface area (Å²) in [7, 11) is 0. The third-order valence-electron chi connectivity index (χ3n) is 4.98. The standard InChI is InChI=1S/C24H31ClN2O2/c1-3-4-8-17-26-24(29)19(2)27(18-21-11-14-22(25)15-12-21)23(28)16-13-20-9-6-5-7-10-20/h5-7,9-12,14-15,19H,3-4,8,13,16-18H2,1-2H3,(H,26,29). The Labute approximate surface area is 179 Å². The van der Waals surface area contributed by atoms with E-state index in [1.807, 2.05) is 42.5 Å². The van der Waals surface area contributed by atoms with Crippen LogP contribution in [0.3, 0.4) is 0 Å². The van der Waals surface area contributed by atoms with Crippen LogP contribution in [0.5, 0.6) is 0 Å². The smallest absolute Gasteiger partial charge is 0.242 e. The maximum atomic E-state index is 13.0. The third kappa shape index (κ3) is 7.90. The Kier molecular flexibility index (Phi) is 9.72. The highest BCUT2D eigenvalue weighted by Crippen LogP contribution is 2.15. The second-order valence-corrected chi connectivity index (χ2v) is 7.74. The van der Waals surface area contributed by atoms with Gasteiger partial charge in [-0.1, -0.05) is 73.8 Å². The van der Waals surface area contributed by atoms with Crippen LogP contribution in [0.2, 0.25) is 5.02 Å². The molecule has 2 aromatic carbocycles. The molecule has 2 amide bonds. The zero-order chi connectivity index (χ0) is 21.1. The topological polar surface area (TPSA) is 49.4 Å². The van der Waals surface area contributed by atoms with Gasteiger partial charge in [-0.25, -0.2) is 0 Å². The lowest BCUT2D eigenvalue weighted by molar-refractivity contribution is -0.140. The molecule has 0 aromatic heterocycles. The number of halogens is 1. The minimum Gasteiger partial charge on any atom is -0.354 e. The van der Waals surface area contributed by atoms with Gasteiger partial charge in [0.2, 0.25) is 11.8 Å². The molecule has 1 unspecified atom stereocenters. The number of benzene rings is 2. The molecule has 2 rings (SSSR count). The summed E-state index contributed by atoms with van der Waals surface area (Å²) in [6.45, 7) is 4.95. The Morgan fingerprint density at radius 1 is 1.00 bits per heavy atom. The van der Waals surface area contributed by atoms with Gasteiger partial charge in [0.25, 0.3) is 0 Å². The molecule has 1 N–H and O–H groups in total. The number of hydrogen-bond donors (Lipinski definition) is 1. The van der Waals surface area contributed by atoms with Crippen molar-refractivity contribution in [3.63, 3.8) is 0 Å². The predicted molar refractivity (Wildman–Crippen MR) is 119 cm³/mol. The van der Waals surface area contributed by atoms with Crippen LogP contribution in [0.4, 0.5) is 0 Å². The quantitative estimate of drug-likeness (QED) is 0.526. The highest BCUT2D eigenvalue weighted by Gasteiger charge is 2.25. The second-order valence-electron chi connectivity index (χ2n) is 7.31. The van der Waals surface area contributed by atoms with E-state index >= 15 is 0 Å². The fourth-order valence-corrected chi connectivity index (χ4v) is 3.27. The van der Waals surface area contributed by atoms with Crippen molar-refractivity contribution in [1.29, 1.82) is 0 Å². The normalized spacial score (nSPS) is 11.7. The van der Waals surface area contributed by atoms with Gasteiger partial charge in [-0.3, -0.25) is 9.59 Å². The number of amides is 2. The highest BCUT2D eigenvalue weighted by atomic mass is 35.5. The van der Waals surface area contributed by atoms with Gasteiger partial charge in [-0.05, 0) is 43.0 Å². The number of rotatable bonds is 11. The maximum Gasteiger partial charge on any atom is 0.242 e. The van der Waals surface area contributed by atoms with Crippen LogP contribution in [0.25, 0.3) is 0 Å². The number of unbranched alkanes of at least 4 members (excludes halogenated alkanes) is 2. The van der Waals surface area contributed by atoms with Crippen LogP contribution < -0.4 is 5.32 Å². The van der Waals surface area contributed by atoms with E-state index in [1.54, 1.807) is 24.0 Å². The van der Waals surface area contributed by atoms with Gasteiger partial charge in [0.15, 0.2) is 0 Å². The minimum atomic E-state index is -0.532. The monoisotopic (exact) mass is 414 g/mol. The number of aryl methyl sites for hydroxylation is 1. The van der Waals surface area contributed by atoms with Crippen molar-refractivity contribution in [2.75, 3.05) is 6.54 Å². The van der Waals surface area contributed by atoms with Crippen LogP contribution in [0, 0.1) is 0 Å². The zero-order valence-electron chi connectivity index (χ0n) is 17.4. The van der Waals surface area contributed by atoms with Crippen molar-refractivity contribution in [2.24, 2.45) is 0 Å². The summed E-state index contributed by atoms with van der Waals surface area (Å²) in [5, 5.41) is 3.62. The van der Waals surface area contributed by atoms with E-state index in [9.17, 15) is 9.59 Å². The first-order valence-corrected chi connectivity index (χ1v) is 10.7. The summed E-state index contributed by atoms with van der Waals surface area (Å²) in [6.07, 6.45) is 4.16. The summed E-state index contributed by atoms with van der Waals surface area (Å²) < 4.78 is 0. The third-order valence-corrected chi connectivity index (χ3v) is 5.24. The van der Waals surface area contributed by atoms with Crippen molar-refractivity contribution >= 4 is 23.4 Å². The molecule has 29 heavy (non-hydrogen) atoms. The van der Waals surface area contributed by atoms with E-state index in [1.165, 1.54) is 0 Å². The lowest BCUT2D eigenvalue weighted by Gasteiger charge is -2.29. The van der Waals surface area contributed by atoms with Gasteiger partial charge < -0.3 is 10.2 Å². The molecule has 2 aromatic rings. The molecular weight excluding hydrogens is 384 g/mol. The first-order chi connectivity index (χ1) is 14.0. The number of nitrogens with zero attached hydrogens (tertiary/aromatic N) is 1. The molecule has 0 spiro atoms. The van der Waals surface area contributed by atoms with Crippen molar-refractivity contribution in [2.45, 2.75) is 58.5 Å². The Morgan fingerprint density at radius 2 is 1.69 bits per heavy atom. The highest BCUT2D eigenvalue weighted by molar-refractivity contribution is 6.30. The molecule has 0 saturated heterocycles. The van der Waals surface area contributed by atoms with Crippen LogP contribution in [-0.4, -0.2) is 29.3 Å². The van der Waals surface area contributed by atoms with Gasteiger partial charge in [0.05, 0.1) is 0 Å². The number of hydrogen-bond acceptors (Lipinski definition) is 2.